The maximum atomic E-state index is 5.83. The van der Waals surface area contributed by atoms with E-state index in [-0.39, 0.29) is 0 Å². The molecule has 2 aromatic rings. The monoisotopic (exact) mass is 367 g/mol. The fourth-order valence-corrected chi connectivity index (χ4v) is 3.54. The molecule has 0 aliphatic carbocycles. The maximum absolute atomic E-state index is 5.83. The molecular weight excluding hydrogens is 346 g/mol. The molecule has 4 heteroatoms. The zero-order valence-electron chi connectivity index (χ0n) is 12.6. The molecule has 0 saturated carbocycles. The van der Waals surface area contributed by atoms with Crippen LogP contribution >= 0.6 is 27.3 Å². The summed E-state index contributed by atoms with van der Waals surface area (Å²) in [5.41, 5.74) is 1.27. The number of nitrogens with one attached hydrogen (secondary N) is 1. The van der Waals surface area contributed by atoms with E-state index >= 15 is 0 Å². The summed E-state index contributed by atoms with van der Waals surface area (Å²) in [5, 5.41) is 5.60. The first-order chi connectivity index (χ1) is 10.2. The normalized spacial score (nSPS) is 12.3. The first kappa shape index (κ1) is 16.5. The van der Waals surface area contributed by atoms with Crippen molar-refractivity contribution in [3.63, 3.8) is 0 Å². The lowest BCUT2D eigenvalue weighted by atomic mass is 10.1. The van der Waals surface area contributed by atoms with Crippen LogP contribution in [0.3, 0.4) is 0 Å². The molecule has 0 bridgehead atoms. The number of benzene rings is 1. The molecule has 0 saturated heterocycles. The zero-order chi connectivity index (χ0) is 15.1. The van der Waals surface area contributed by atoms with Crippen molar-refractivity contribution in [3.05, 3.63) is 50.6 Å². The molecule has 1 aromatic heterocycles. The predicted octanol–water partition coefficient (Wildman–Crippen LogP) is 5.19. The van der Waals surface area contributed by atoms with Crippen LogP contribution in [0.15, 0.2) is 40.2 Å². The summed E-state index contributed by atoms with van der Waals surface area (Å²) in [5.74, 6) is 0.921. The minimum absolute atomic E-state index is 0.347. The van der Waals surface area contributed by atoms with Gasteiger partial charge in [-0.05, 0) is 49.0 Å². The summed E-state index contributed by atoms with van der Waals surface area (Å²) in [6.45, 7) is 6.12. The van der Waals surface area contributed by atoms with E-state index in [0.717, 1.165) is 36.2 Å². The molecule has 21 heavy (non-hydrogen) atoms. The van der Waals surface area contributed by atoms with Crippen molar-refractivity contribution >= 4 is 27.3 Å². The average molecular weight is 368 g/mol. The number of rotatable bonds is 8. The van der Waals surface area contributed by atoms with E-state index in [2.05, 4.69) is 70.8 Å². The van der Waals surface area contributed by atoms with Crippen molar-refractivity contribution in [1.82, 2.24) is 5.32 Å². The van der Waals surface area contributed by atoms with Crippen molar-refractivity contribution in [2.75, 3.05) is 13.2 Å². The summed E-state index contributed by atoms with van der Waals surface area (Å²) < 4.78 is 6.94. The maximum Gasteiger partial charge on any atom is 0.120 e. The average Bonchev–Trinajstić information content (AvgIpc) is 2.98. The van der Waals surface area contributed by atoms with Crippen LogP contribution in [0.25, 0.3) is 0 Å². The van der Waals surface area contributed by atoms with Gasteiger partial charge in [-0.2, -0.15) is 0 Å². The standard InChI is InChI=1S/C17H22BrNOS/c1-3-9-19-13(2)16-7-6-14(12-17(16)18)20-10-8-15-5-4-11-21-15/h4-7,11-13,19H,3,8-10H2,1-2H3. The van der Waals surface area contributed by atoms with E-state index in [1.807, 2.05) is 0 Å². The second kappa shape index (κ2) is 8.57. The molecule has 1 unspecified atom stereocenters. The van der Waals surface area contributed by atoms with Crippen molar-refractivity contribution in [3.8, 4) is 5.75 Å². The molecule has 0 amide bonds. The minimum Gasteiger partial charge on any atom is -0.493 e. The minimum atomic E-state index is 0.347. The zero-order valence-corrected chi connectivity index (χ0v) is 15.0. The fraction of sp³-hybridized carbons (Fsp3) is 0.412. The Labute approximate surface area is 139 Å². The lowest BCUT2D eigenvalue weighted by molar-refractivity contribution is 0.322. The quantitative estimate of drug-likeness (QED) is 0.692. The first-order valence-electron chi connectivity index (χ1n) is 7.38. The third-order valence-corrected chi connectivity index (χ3v) is 4.96. The summed E-state index contributed by atoms with van der Waals surface area (Å²) >= 11 is 5.43. The van der Waals surface area contributed by atoms with E-state index in [1.54, 1.807) is 11.3 Å². The molecule has 2 rings (SSSR count). The number of thiophene rings is 1. The third-order valence-electron chi connectivity index (χ3n) is 3.34. The molecular formula is C17H22BrNOS. The van der Waals surface area contributed by atoms with Crippen molar-refractivity contribution in [2.24, 2.45) is 0 Å². The Morgan fingerprint density at radius 3 is 2.86 bits per heavy atom. The van der Waals surface area contributed by atoms with Gasteiger partial charge in [-0.3, -0.25) is 0 Å². The van der Waals surface area contributed by atoms with Gasteiger partial charge in [0.2, 0.25) is 0 Å². The van der Waals surface area contributed by atoms with E-state index in [0.29, 0.717) is 6.04 Å². The fourth-order valence-electron chi connectivity index (χ4n) is 2.14. The van der Waals surface area contributed by atoms with Crippen LogP contribution in [0.4, 0.5) is 0 Å². The summed E-state index contributed by atoms with van der Waals surface area (Å²) in [6, 6.07) is 10.8. The van der Waals surface area contributed by atoms with Crippen molar-refractivity contribution < 1.29 is 4.74 Å². The highest BCUT2D eigenvalue weighted by Gasteiger charge is 2.09. The Morgan fingerprint density at radius 1 is 1.33 bits per heavy atom. The molecule has 2 nitrogen and oxygen atoms in total. The molecule has 0 aliphatic heterocycles. The second-order valence-corrected chi connectivity index (χ2v) is 6.92. The summed E-state index contributed by atoms with van der Waals surface area (Å²) in [6.07, 6.45) is 2.11. The molecule has 1 N–H and O–H groups in total. The highest BCUT2D eigenvalue weighted by Crippen LogP contribution is 2.27. The third kappa shape index (κ3) is 5.13. The van der Waals surface area contributed by atoms with Gasteiger partial charge in [-0.25, -0.2) is 0 Å². The van der Waals surface area contributed by atoms with Crippen LogP contribution in [-0.4, -0.2) is 13.2 Å². The molecule has 0 aliphatic rings. The van der Waals surface area contributed by atoms with Gasteiger partial charge in [0, 0.05) is 21.8 Å². The van der Waals surface area contributed by atoms with Crippen LogP contribution in [0.1, 0.15) is 36.8 Å². The van der Waals surface area contributed by atoms with Gasteiger partial charge in [0.1, 0.15) is 5.75 Å². The Morgan fingerprint density at radius 2 is 2.19 bits per heavy atom. The molecule has 1 aromatic carbocycles. The van der Waals surface area contributed by atoms with Crippen LogP contribution in [0, 0.1) is 0 Å². The van der Waals surface area contributed by atoms with Gasteiger partial charge in [0.25, 0.3) is 0 Å². The summed E-state index contributed by atoms with van der Waals surface area (Å²) in [7, 11) is 0. The Kier molecular flexibility index (Phi) is 6.74. The first-order valence-corrected chi connectivity index (χ1v) is 9.06. The van der Waals surface area contributed by atoms with E-state index in [1.165, 1.54) is 10.4 Å². The van der Waals surface area contributed by atoms with Gasteiger partial charge < -0.3 is 10.1 Å². The van der Waals surface area contributed by atoms with Crippen LogP contribution in [0.5, 0.6) is 5.75 Å². The predicted molar refractivity (Wildman–Crippen MR) is 94.4 cm³/mol. The van der Waals surface area contributed by atoms with E-state index in [4.69, 9.17) is 4.74 Å². The molecule has 0 fully saturated rings. The Hall–Kier alpha value is -0.840. The molecule has 0 spiro atoms. The molecule has 1 atom stereocenters. The SMILES string of the molecule is CCCNC(C)c1ccc(OCCc2cccs2)cc1Br. The summed E-state index contributed by atoms with van der Waals surface area (Å²) in [4.78, 5) is 1.36. The molecule has 114 valence electrons. The van der Waals surface area contributed by atoms with E-state index < -0.39 is 0 Å². The Balaban J connectivity index is 1.89. The number of halogens is 1. The highest BCUT2D eigenvalue weighted by atomic mass is 79.9. The lowest BCUT2D eigenvalue weighted by Crippen LogP contribution is -2.19. The lowest BCUT2D eigenvalue weighted by Gasteiger charge is -2.16. The van der Waals surface area contributed by atoms with Crippen LogP contribution in [0.2, 0.25) is 0 Å². The topological polar surface area (TPSA) is 21.3 Å². The van der Waals surface area contributed by atoms with Crippen molar-refractivity contribution in [2.45, 2.75) is 32.7 Å². The smallest absolute Gasteiger partial charge is 0.120 e. The van der Waals surface area contributed by atoms with Gasteiger partial charge in [-0.1, -0.05) is 35.0 Å². The van der Waals surface area contributed by atoms with Crippen LogP contribution in [-0.2, 0) is 6.42 Å². The largest absolute Gasteiger partial charge is 0.493 e. The number of hydrogen-bond donors (Lipinski definition) is 1. The van der Waals surface area contributed by atoms with Gasteiger partial charge in [-0.15, -0.1) is 11.3 Å². The number of ether oxygens (including phenoxy) is 1. The Bertz CT molecular complexity index is 542. The van der Waals surface area contributed by atoms with Gasteiger partial charge >= 0.3 is 0 Å². The van der Waals surface area contributed by atoms with Gasteiger partial charge in [0.05, 0.1) is 6.61 Å². The van der Waals surface area contributed by atoms with Crippen molar-refractivity contribution in [1.29, 1.82) is 0 Å². The van der Waals surface area contributed by atoms with Crippen LogP contribution < -0.4 is 10.1 Å². The number of hydrogen-bond acceptors (Lipinski definition) is 3. The molecule has 1 heterocycles. The van der Waals surface area contributed by atoms with E-state index in [9.17, 15) is 0 Å². The highest BCUT2D eigenvalue weighted by molar-refractivity contribution is 9.10. The second-order valence-electron chi connectivity index (χ2n) is 5.04. The molecule has 0 radical (unpaired) electrons. The van der Waals surface area contributed by atoms with Gasteiger partial charge in [0.15, 0.2) is 0 Å².